The zero-order chi connectivity index (χ0) is 20.9. The van der Waals surface area contributed by atoms with Crippen LogP contribution in [0.1, 0.15) is 21.7 Å². The van der Waals surface area contributed by atoms with E-state index in [9.17, 15) is 9.18 Å². The standard InChI is InChI=1S/C23H19FN4O2/c1-16-13-21(27-28(16)19-5-3-2-4-6-19)23(29)26-15-17-11-12-25-22(14-17)30-20-9-7-18(24)8-10-20/h2-14H,15H2,1H3,(H,26,29). The maximum absolute atomic E-state index is 13.0. The van der Waals surface area contributed by atoms with E-state index in [1.54, 1.807) is 29.1 Å². The van der Waals surface area contributed by atoms with E-state index in [4.69, 9.17) is 4.74 Å². The Hall–Kier alpha value is -4.00. The Labute approximate surface area is 173 Å². The summed E-state index contributed by atoms with van der Waals surface area (Å²) in [7, 11) is 0. The van der Waals surface area contributed by atoms with Gasteiger partial charge in [-0.05, 0) is 61.0 Å². The number of carbonyl (C=O) groups is 1. The van der Waals surface area contributed by atoms with Crippen LogP contribution in [0.2, 0.25) is 0 Å². The lowest BCUT2D eigenvalue weighted by Crippen LogP contribution is -2.23. The third-order valence-corrected chi connectivity index (χ3v) is 4.41. The number of aromatic nitrogens is 3. The number of rotatable bonds is 6. The van der Waals surface area contributed by atoms with Gasteiger partial charge in [0.05, 0.1) is 5.69 Å². The molecule has 1 amide bonds. The molecule has 0 unspecified atom stereocenters. The molecule has 0 aliphatic heterocycles. The second-order valence-electron chi connectivity index (χ2n) is 6.66. The molecule has 0 atom stereocenters. The molecule has 150 valence electrons. The largest absolute Gasteiger partial charge is 0.439 e. The third-order valence-electron chi connectivity index (χ3n) is 4.41. The highest BCUT2D eigenvalue weighted by Gasteiger charge is 2.13. The van der Waals surface area contributed by atoms with Crippen LogP contribution < -0.4 is 10.1 Å². The predicted octanol–water partition coefficient (Wildman–Crippen LogP) is 4.44. The topological polar surface area (TPSA) is 69.0 Å². The van der Waals surface area contributed by atoms with Crippen LogP contribution >= 0.6 is 0 Å². The Morgan fingerprint density at radius 1 is 1.07 bits per heavy atom. The summed E-state index contributed by atoms with van der Waals surface area (Å²) in [5.74, 6) is 0.229. The van der Waals surface area contributed by atoms with Crippen molar-refractivity contribution in [2.24, 2.45) is 0 Å². The van der Waals surface area contributed by atoms with E-state index in [1.807, 2.05) is 37.3 Å². The minimum atomic E-state index is -0.336. The maximum Gasteiger partial charge on any atom is 0.272 e. The van der Waals surface area contributed by atoms with E-state index in [1.165, 1.54) is 24.3 Å². The average Bonchev–Trinajstić information content (AvgIpc) is 3.16. The van der Waals surface area contributed by atoms with Gasteiger partial charge in [-0.3, -0.25) is 4.79 Å². The van der Waals surface area contributed by atoms with Crippen LogP contribution in [-0.2, 0) is 6.54 Å². The number of benzene rings is 2. The van der Waals surface area contributed by atoms with Crippen molar-refractivity contribution in [1.29, 1.82) is 0 Å². The fourth-order valence-electron chi connectivity index (χ4n) is 2.93. The first-order valence-electron chi connectivity index (χ1n) is 9.37. The van der Waals surface area contributed by atoms with Crippen LogP contribution in [0.4, 0.5) is 4.39 Å². The molecule has 2 heterocycles. The third kappa shape index (κ3) is 4.52. The lowest BCUT2D eigenvalue weighted by molar-refractivity contribution is 0.0945. The predicted molar refractivity (Wildman–Crippen MR) is 110 cm³/mol. The van der Waals surface area contributed by atoms with E-state index in [-0.39, 0.29) is 11.7 Å². The van der Waals surface area contributed by atoms with Gasteiger partial charge in [-0.2, -0.15) is 5.10 Å². The lowest BCUT2D eigenvalue weighted by atomic mass is 10.2. The molecule has 4 aromatic rings. The number of halogens is 1. The zero-order valence-electron chi connectivity index (χ0n) is 16.2. The minimum absolute atomic E-state index is 0.273. The fraction of sp³-hybridized carbons (Fsp3) is 0.0870. The summed E-state index contributed by atoms with van der Waals surface area (Å²) >= 11 is 0. The Morgan fingerprint density at radius 2 is 1.83 bits per heavy atom. The first kappa shape index (κ1) is 19.3. The van der Waals surface area contributed by atoms with E-state index in [0.717, 1.165) is 16.9 Å². The molecule has 2 aromatic heterocycles. The Balaban J connectivity index is 1.41. The van der Waals surface area contributed by atoms with Crippen molar-refractivity contribution in [3.63, 3.8) is 0 Å². The first-order valence-corrected chi connectivity index (χ1v) is 9.37. The van der Waals surface area contributed by atoms with Gasteiger partial charge in [0, 0.05) is 24.5 Å². The second kappa shape index (κ2) is 8.57. The van der Waals surface area contributed by atoms with Crippen LogP contribution in [0, 0.1) is 12.7 Å². The van der Waals surface area contributed by atoms with E-state index in [2.05, 4.69) is 15.4 Å². The summed E-state index contributed by atoms with van der Waals surface area (Å²) in [5, 5.41) is 7.27. The van der Waals surface area contributed by atoms with Gasteiger partial charge in [0.15, 0.2) is 5.69 Å². The molecule has 1 N–H and O–H groups in total. The highest BCUT2D eigenvalue weighted by molar-refractivity contribution is 5.92. The number of para-hydroxylation sites is 1. The van der Waals surface area contributed by atoms with Gasteiger partial charge >= 0.3 is 0 Å². The summed E-state index contributed by atoms with van der Waals surface area (Å²) in [6, 6.07) is 20.6. The minimum Gasteiger partial charge on any atom is -0.439 e. The molecule has 0 fully saturated rings. The second-order valence-corrected chi connectivity index (χ2v) is 6.66. The summed E-state index contributed by atoms with van der Waals surface area (Å²) < 4.78 is 20.4. The number of hydrogen-bond acceptors (Lipinski definition) is 4. The highest BCUT2D eigenvalue weighted by atomic mass is 19.1. The van der Waals surface area contributed by atoms with E-state index in [0.29, 0.717) is 23.9 Å². The molecule has 0 saturated carbocycles. The molecule has 0 aliphatic rings. The van der Waals surface area contributed by atoms with Crippen molar-refractivity contribution in [2.45, 2.75) is 13.5 Å². The molecule has 2 aromatic carbocycles. The number of carbonyl (C=O) groups excluding carboxylic acids is 1. The molecule has 0 aliphatic carbocycles. The van der Waals surface area contributed by atoms with Gasteiger partial charge in [-0.15, -0.1) is 0 Å². The Bertz CT molecular complexity index is 1160. The summed E-state index contributed by atoms with van der Waals surface area (Å²) in [6.07, 6.45) is 1.59. The summed E-state index contributed by atoms with van der Waals surface area (Å²) in [6.45, 7) is 2.19. The number of ether oxygens (including phenoxy) is 1. The van der Waals surface area contributed by atoms with Gasteiger partial charge in [0.1, 0.15) is 11.6 Å². The molecular weight excluding hydrogens is 383 g/mol. The highest BCUT2D eigenvalue weighted by Crippen LogP contribution is 2.20. The summed E-state index contributed by atoms with van der Waals surface area (Å²) in [5.41, 5.74) is 2.92. The van der Waals surface area contributed by atoms with Crippen molar-refractivity contribution in [2.75, 3.05) is 0 Å². The SMILES string of the molecule is Cc1cc(C(=O)NCc2ccnc(Oc3ccc(F)cc3)c2)nn1-c1ccccc1. The van der Waals surface area contributed by atoms with Crippen molar-refractivity contribution >= 4 is 5.91 Å². The Morgan fingerprint density at radius 3 is 2.60 bits per heavy atom. The first-order chi connectivity index (χ1) is 14.6. The molecular formula is C23H19FN4O2. The molecule has 0 saturated heterocycles. The van der Waals surface area contributed by atoms with Crippen LogP contribution in [0.5, 0.6) is 11.6 Å². The van der Waals surface area contributed by atoms with Gasteiger partial charge in [-0.1, -0.05) is 18.2 Å². The number of nitrogens with zero attached hydrogens (tertiary/aromatic N) is 3. The normalized spacial score (nSPS) is 10.6. The fourth-order valence-corrected chi connectivity index (χ4v) is 2.93. The molecule has 6 nitrogen and oxygen atoms in total. The Kier molecular flexibility index (Phi) is 5.52. The van der Waals surface area contributed by atoms with Crippen LogP contribution in [0.15, 0.2) is 79.0 Å². The maximum atomic E-state index is 13.0. The van der Waals surface area contributed by atoms with Crippen LogP contribution in [0.3, 0.4) is 0 Å². The van der Waals surface area contributed by atoms with Crippen molar-refractivity contribution in [1.82, 2.24) is 20.1 Å². The van der Waals surface area contributed by atoms with Crippen LogP contribution in [0.25, 0.3) is 5.69 Å². The smallest absolute Gasteiger partial charge is 0.272 e. The van der Waals surface area contributed by atoms with Crippen molar-refractivity contribution < 1.29 is 13.9 Å². The molecule has 4 rings (SSSR count). The van der Waals surface area contributed by atoms with E-state index < -0.39 is 0 Å². The molecule has 0 bridgehead atoms. The van der Waals surface area contributed by atoms with Crippen LogP contribution in [-0.4, -0.2) is 20.7 Å². The van der Waals surface area contributed by atoms with Gasteiger partial charge in [0.2, 0.25) is 5.88 Å². The summed E-state index contributed by atoms with van der Waals surface area (Å²) in [4.78, 5) is 16.7. The molecule has 30 heavy (non-hydrogen) atoms. The number of nitrogens with one attached hydrogen (secondary N) is 1. The molecule has 0 radical (unpaired) electrons. The van der Waals surface area contributed by atoms with Gasteiger partial charge in [-0.25, -0.2) is 14.1 Å². The monoisotopic (exact) mass is 402 g/mol. The van der Waals surface area contributed by atoms with Crippen molar-refractivity contribution in [3.05, 3.63) is 102 Å². The lowest BCUT2D eigenvalue weighted by Gasteiger charge is -2.07. The number of aryl methyl sites for hydroxylation is 1. The molecule has 0 spiro atoms. The van der Waals surface area contributed by atoms with Gasteiger partial charge in [0.25, 0.3) is 5.91 Å². The number of pyridine rings is 1. The number of hydrogen-bond donors (Lipinski definition) is 1. The van der Waals surface area contributed by atoms with E-state index >= 15 is 0 Å². The van der Waals surface area contributed by atoms with Crippen molar-refractivity contribution in [3.8, 4) is 17.3 Å². The zero-order valence-corrected chi connectivity index (χ0v) is 16.2. The quantitative estimate of drug-likeness (QED) is 0.518. The number of amides is 1. The molecule has 7 heteroatoms. The average molecular weight is 402 g/mol. The van der Waals surface area contributed by atoms with Gasteiger partial charge < -0.3 is 10.1 Å².